The third-order valence-corrected chi connectivity index (χ3v) is 6.78. The van der Waals surface area contributed by atoms with Gasteiger partial charge in [-0.1, -0.05) is 12.1 Å². The third kappa shape index (κ3) is 2.86. The van der Waals surface area contributed by atoms with Crippen molar-refractivity contribution >= 4 is 16.5 Å². The van der Waals surface area contributed by atoms with Crippen LogP contribution in [0.25, 0.3) is 22.2 Å². The Hall–Kier alpha value is -3.26. The molecule has 164 valence electrons. The molecule has 32 heavy (non-hydrogen) atoms. The SMILES string of the molecule is Cn1c2c(c3ccc(-n4ccc(C5=CC=C(C(F)(F)F)N6CC56)cc4=O)cc31)CNCC2. The Balaban J connectivity index is 1.37. The van der Waals surface area contributed by atoms with Crippen molar-refractivity contribution in [3.05, 3.63) is 81.6 Å². The number of pyridine rings is 1. The van der Waals surface area contributed by atoms with E-state index in [1.807, 2.05) is 12.1 Å². The zero-order chi connectivity index (χ0) is 22.2. The molecule has 1 atom stereocenters. The molecule has 1 aromatic carbocycles. The van der Waals surface area contributed by atoms with Gasteiger partial charge in [0.05, 0.1) is 17.2 Å². The van der Waals surface area contributed by atoms with Gasteiger partial charge < -0.3 is 14.8 Å². The van der Waals surface area contributed by atoms with Gasteiger partial charge >= 0.3 is 6.18 Å². The van der Waals surface area contributed by atoms with Crippen LogP contribution >= 0.6 is 0 Å². The lowest BCUT2D eigenvalue weighted by molar-refractivity contribution is -0.104. The summed E-state index contributed by atoms with van der Waals surface area (Å²) in [5.41, 5.74) is 5.08. The summed E-state index contributed by atoms with van der Waals surface area (Å²) in [5.74, 6) is 0. The van der Waals surface area contributed by atoms with E-state index in [1.165, 1.54) is 33.7 Å². The molecular weight excluding hydrogens is 417 g/mol. The number of nitrogens with zero attached hydrogens (tertiary/aromatic N) is 3. The zero-order valence-corrected chi connectivity index (χ0v) is 17.4. The van der Waals surface area contributed by atoms with Crippen molar-refractivity contribution in [2.75, 3.05) is 13.1 Å². The van der Waals surface area contributed by atoms with E-state index in [0.717, 1.165) is 42.4 Å². The molecule has 1 saturated heterocycles. The van der Waals surface area contributed by atoms with Gasteiger partial charge in [-0.15, -0.1) is 0 Å². The molecule has 0 bridgehead atoms. The maximum absolute atomic E-state index is 13.1. The van der Waals surface area contributed by atoms with Crippen molar-refractivity contribution in [2.24, 2.45) is 7.05 Å². The van der Waals surface area contributed by atoms with Crippen molar-refractivity contribution in [3.8, 4) is 5.69 Å². The number of fused-ring (bicyclic) bond motifs is 4. The molecule has 0 amide bonds. The minimum atomic E-state index is -4.36. The van der Waals surface area contributed by atoms with Gasteiger partial charge in [-0.25, -0.2) is 0 Å². The zero-order valence-electron chi connectivity index (χ0n) is 17.4. The Morgan fingerprint density at radius 2 is 1.97 bits per heavy atom. The van der Waals surface area contributed by atoms with Crippen molar-refractivity contribution in [3.63, 3.8) is 0 Å². The summed E-state index contributed by atoms with van der Waals surface area (Å²) in [6.45, 7) is 2.13. The van der Waals surface area contributed by atoms with Gasteiger partial charge in [0.2, 0.25) is 0 Å². The Morgan fingerprint density at radius 1 is 1.12 bits per heavy atom. The number of aryl methyl sites for hydroxylation is 1. The summed E-state index contributed by atoms with van der Waals surface area (Å²) in [6.07, 6.45) is 0.919. The van der Waals surface area contributed by atoms with Crippen LogP contribution in [0.15, 0.2) is 59.2 Å². The van der Waals surface area contributed by atoms with Gasteiger partial charge in [-0.2, -0.15) is 13.2 Å². The maximum Gasteiger partial charge on any atom is 0.431 e. The summed E-state index contributed by atoms with van der Waals surface area (Å²) in [4.78, 5) is 14.3. The van der Waals surface area contributed by atoms with Gasteiger partial charge in [0, 0.05) is 56.4 Å². The molecule has 0 saturated carbocycles. The molecule has 5 nitrogen and oxygen atoms in total. The van der Waals surface area contributed by atoms with Crippen LogP contribution in [0.1, 0.15) is 16.8 Å². The van der Waals surface area contributed by atoms with E-state index in [9.17, 15) is 18.0 Å². The van der Waals surface area contributed by atoms with E-state index in [4.69, 9.17) is 0 Å². The van der Waals surface area contributed by atoms with E-state index in [1.54, 1.807) is 16.8 Å². The highest BCUT2D eigenvalue weighted by Crippen LogP contribution is 2.44. The first kappa shape index (κ1) is 19.4. The molecule has 5 heterocycles. The van der Waals surface area contributed by atoms with Crippen LogP contribution in [-0.2, 0) is 20.0 Å². The highest BCUT2D eigenvalue weighted by Gasteiger charge is 2.50. The molecule has 1 N–H and O–H groups in total. The predicted octanol–water partition coefficient (Wildman–Crippen LogP) is 3.50. The second-order valence-corrected chi connectivity index (χ2v) is 8.58. The largest absolute Gasteiger partial charge is 0.431 e. The molecule has 1 unspecified atom stereocenters. The number of hydrogen-bond donors (Lipinski definition) is 1. The quantitative estimate of drug-likeness (QED) is 0.623. The van der Waals surface area contributed by atoms with E-state index in [0.29, 0.717) is 12.1 Å². The van der Waals surface area contributed by atoms with Crippen LogP contribution in [0.2, 0.25) is 0 Å². The monoisotopic (exact) mass is 438 g/mol. The molecule has 3 aromatic rings. The van der Waals surface area contributed by atoms with Gasteiger partial charge in [0.25, 0.3) is 5.56 Å². The van der Waals surface area contributed by atoms with Crippen LogP contribution in [0.3, 0.4) is 0 Å². The lowest BCUT2D eigenvalue weighted by atomic mass is 10.0. The first-order valence-corrected chi connectivity index (χ1v) is 10.6. The van der Waals surface area contributed by atoms with E-state index < -0.39 is 11.9 Å². The van der Waals surface area contributed by atoms with Gasteiger partial charge in [-0.3, -0.25) is 9.36 Å². The number of alkyl halides is 3. The first-order valence-electron chi connectivity index (χ1n) is 10.6. The average molecular weight is 438 g/mol. The summed E-state index contributed by atoms with van der Waals surface area (Å²) in [6, 6.07) is 9.03. The summed E-state index contributed by atoms with van der Waals surface area (Å²) >= 11 is 0. The molecule has 2 aromatic heterocycles. The number of benzene rings is 1. The number of aromatic nitrogens is 2. The molecule has 0 radical (unpaired) electrons. The molecule has 1 fully saturated rings. The summed E-state index contributed by atoms with van der Waals surface area (Å²) < 4.78 is 43.0. The van der Waals surface area contributed by atoms with Gasteiger partial charge in [-0.05, 0) is 41.0 Å². The van der Waals surface area contributed by atoms with Crippen LogP contribution < -0.4 is 10.9 Å². The lowest BCUT2D eigenvalue weighted by Crippen LogP contribution is -2.24. The van der Waals surface area contributed by atoms with E-state index in [-0.39, 0.29) is 11.6 Å². The molecule has 8 heteroatoms. The van der Waals surface area contributed by atoms with Gasteiger partial charge in [0.1, 0.15) is 5.70 Å². The van der Waals surface area contributed by atoms with Gasteiger partial charge in [0.15, 0.2) is 0 Å². The van der Waals surface area contributed by atoms with Crippen molar-refractivity contribution in [2.45, 2.75) is 25.2 Å². The fourth-order valence-corrected chi connectivity index (χ4v) is 5.11. The highest BCUT2D eigenvalue weighted by molar-refractivity contribution is 5.87. The highest BCUT2D eigenvalue weighted by atomic mass is 19.4. The third-order valence-electron chi connectivity index (χ3n) is 6.78. The Kier molecular flexibility index (Phi) is 4.02. The standard InChI is InChI=1S/C24H21F3N4O/c1-29-19-6-8-28-12-18(19)17-3-2-15(11-20(17)29)30-9-7-14(10-23(30)32)16-4-5-22(24(25,26)27)31-13-21(16)31/h2-5,7,9-11,21,28H,6,8,12-13H2,1H3. The minimum absolute atomic E-state index is 0.207. The van der Waals surface area contributed by atoms with Crippen molar-refractivity contribution < 1.29 is 13.2 Å². The summed E-state index contributed by atoms with van der Waals surface area (Å²) in [7, 11) is 2.06. The topological polar surface area (TPSA) is 42.0 Å². The average Bonchev–Trinajstić information content (AvgIpc) is 3.52. The normalized spacial score (nSPS) is 20.0. The fourth-order valence-electron chi connectivity index (χ4n) is 5.11. The Morgan fingerprint density at radius 3 is 2.75 bits per heavy atom. The second-order valence-electron chi connectivity index (χ2n) is 8.58. The smallest absolute Gasteiger partial charge is 0.356 e. The van der Waals surface area contributed by atoms with Crippen LogP contribution in [-0.4, -0.2) is 39.3 Å². The van der Waals surface area contributed by atoms with E-state index in [2.05, 4.69) is 23.0 Å². The fraction of sp³-hybridized carbons (Fsp3) is 0.292. The molecule has 0 spiro atoms. The minimum Gasteiger partial charge on any atom is -0.356 e. The van der Waals surface area contributed by atoms with Crippen LogP contribution in [0.5, 0.6) is 0 Å². The lowest BCUT2D eigenvalue weighted by Gasteiger charge is -2.19. The molecular formula is C24H21F3N4O. The molecule has 3 aliphatic heterocycles. The molecule has 3 aliphatic rings. The summed E-state index contributed by atoms with van der Waals surface area (Å²) in [5, 5.41) is 4.60. The predicted molar refractivity (Wildman–Crippen MR) is 117 cm³/mol. The van der Waals surface area contributed by atoms with Crippen LogP contribution in [0, 0.1) is 0 Å². The Labute approximate surface area is 182 Å². The molecule has 0 aliphatic carbocycles. The number of allylic oxidation sites excluding steroid dienone is 3. The van der Waals surface area contributed by atoms with Crippen molar-refractivity contribution in [1.82, 2.24) is 19.4 Å². The van der Waals surface area contributed by atoms with Crippen LogP contribution in [0.4, 0.5) is 13.2 Å². The maximum atomic E-state index is 13.1. The number of halogens is 3. The van der Waals surface area contributed by atoms with E-state index >= 15 is 0 Å². The first-order chi connectivity index (χ1) is 15.3. The van der Waals surface area contributed by atoms with Crippen molar-refractivity contribution in [1.29, 1.82) is 0 Å². The molecule has 6 rings (SSSR count). The number of rotatable bonds is 2. The second kappa shape index (κ2) is 6.62. The number of nitrogens with one attached hydrogen (secondary N) is 1. The Bertz CT molecular complexity index is 1390. The number of hydrogen-bond acceptors (Lipinski definition) is 3.